The number of hydrogen-bond donors (Lipinski definition) is 5. The lowest BCUT2D eigenvalue weighted by molar-refractivity contribution is -0.192. The van der Waals surface area contributed by atoms with Crippen LogP contribution in [0.5, 0.6) is 5.75 Å². The highest BCUT2D eigenvalue weighted by molar-refractivity contribution is 8.71. The van der Waals surface area contributed by atoms with Crippen LogP contribution in [0.4, 0.5) is 18.9 Å². The molecule has 0 aromatic heterocycles. The highest BCUT2D eigenvalue weighted by atomic mass is 33.1. The number of carbonyl (C=O) groups excluding carboxylic acids is 1. The van der Waals surface area contributed by atoms with Crippen molar-refractivity contribution in [3.63, 3.8) is 0 Å². The van der Waals surface area contributed by atoms with Gasteiger partial charge in [-0.15, -0.1) is 0 Å². The van der Waals surface area contributed by atoms with Gasteiger partial charge in [0.05, 0.1) is 11.6 Å². The van der Waals surface area contributed by atoms with Crippen LogP contribution in [0, 0.1) is 0 Å². The smallest absolute Gasteiger partial charge is 0.490 e. The molecule has 2 aromatic rings. The summed E-state index contributed by atoms with van der Waals surface area (Å²) in [5.41, 5.74) is 6.92. The lowest BCUT2D eigenvalue weighted by Crippen LogP contribution is -2.38. The SMILES string of the molecule is CS(=O)(=O)SCC(N)C(=O)Nc1ccc(-c2c3ccc(=O)cc-3oc3cc(O)ccc23)c(C(=O)O)c1.O=C(O)C(F)(F)F. The van der Waals surface area contributed by atoms with Crippen molar-refractivity contribution in [2.45, 2.75) is 12.2 Å². The van der Waals surface area contributed by atoms with E-state index in [2.05, 4.69) is 5.32 Å². The maximum atomic E-state index is 12.4. The predicted molar refractivity (Wildman–Crippen MR) is 151 cm³/mol. The number of fused-ring (bicyclic) bond motifs is 2. The van der Waals surface area contributed by atoms with E-state index < -0.39 is 38.9 Å². The van der Waals surface area contributed by atoms with Crippen LogP contribution in [0.1, 0.15) is 10.4 Å². The fourth-order valence-electron chi connectivity index (χ4n) is 3.67. The Balaban J connectivity index is 0.000000646. The van der Waals surface area contributed by atoms with Gasteiger partial charge in [-0.3, -0.25) is 9.59 Å². The van der Waals surface area contributed by atoms with Crippen molar-refractivity contribution in [1.29, 1.82) is 0 Å². The summed E-state index contributed by atoms with van der Waals surface area (Å²) in [6.07, 6.45) is -4.08. The molecule has 1 unspecified atom stereocenters. The Morgan fingerprint density at radius 2 is 1.65 bits per heavy atom. The van der Waals surface area contributed by atoms with E-state index in [0.29, 0.717) is 27.3 Å². The third-order valence-corrected chi connectivity index (χ3v) is 8.12. The second-order valence-corrected chi connectivity index (χ2v) is 13.3. The van der Waals surface area contributed by atoms with E-state index in [1.807, 2.05) is 0 Å². The van der Waals surface area contributed by atoms with Crippen molar-refractivity contribution in [3.8, 4) is 28.2 Å². The van der Waals surface area contributed by atoms with Crippen LogP contribution in [0.3, 0.4) is 0 Å². The summed E-state index contributed by atoms with van der Waals surface area (Å²) in [4.78, 5) is 45.5. The number of alkyl halides is 3. The molecule has 228 valence electrons. The van der Waals surface area contributed by atoms with E-state index in [4.69, 9.17) is 20.1 Å². The van der Waals surface area contributed by atoms with Crippen molar-refractivity contribution in [3.05, 3.63) is 70.4 Å². The lowest BCUT2D eigenvalue weighted by Gasteiger charge is -2.18. The molecular formula is C26H21F3N2O10S2. The Bertz CT molecular complexity index is 1860. The van der Waals surface area contributed by atoms with Gasteiger partial charge in [0.1, 0.15) is 17.1 Å². The van der Waals surface area contributed by atoms with E-state index >= 15 is 0 Å². The molecule has 17 heteroatoms. The first-order chi connectivity index (χ1) is 19.9. The number of hydrogen-bond acceptors (Lipinski definition) is 10. The molecule has 0 bridgehead atoms. The van der Waals surface area contributed by atoms with Gasteiger partial charge in [0.2, 0.25) is 5.91 Å². The number of aromatic hydroxyl groups is 1. The molecule has 0 saturated carbocycles. The minimum absolute atomic E-state index is 0.0725. The zero-order chi connectivity index (χ0) is 32.3. The fourth-order valence-corrected chi connectivity index (χ4v) is 5.40. The zero-order valence-corrected chi connectivity index (χ0v) is 23.3. The Kier molecular flexibility index (Phi) is 9.73. The van der Waals surface area contributed by atoms with Crippen LogP contribution in [0.25, 0.3) is 33.4 Å². The maximum Gasteiger partial charge on any atom is 0.490 e. The number of aliphatic carboxylic acids is 1. The van der Waals surface area contributed by atoms with Crippen LogP contribution in [0.2, 0.25) is 0 Å². The Morgan fingerprint density at radius 3 is 2.23 bits per heavy atom. The predicted octanol–water partition coefficient (Wildman–Crippen LogP) is 3.56. The number of benzene rings is 3. The molecule has 1 aliphatic carbocycles. The second kappa shape index (κ2) is 12.7. The summed E-state index contributed by atoms with van der Waals surface area (Å²) < 4.78 is 60.1. The van der Waals surface area contributed by atoms with Crippen LogP contribution in [-0.4, -0.2) is 65.8 Å². The molecule has 0 fully saturated rings. The van der Waals surface area contributed by atoms with E-state index in [1.54, 1.807) is 6.07 Å². The lowest BCUT2D eigenvalue weighted by atomic mass is 9.90. The summed E-state index contributed by atoms with van der Waals surface area (Å²) in [5.74, 6) is -4.75. The third kappa shape index (κ3) is 8.46. The van der Waals surface area contributed by atoms with Crippen LogP contribution in [-0.2, 0) is 18.5 Å². The molecule has 2 aliphatic rings. The van der Waals surface area contributed by atoms with Gasteiger partial charge in [-0.1, -0.05) is 6.07 Å². The Morgan fingerprint density at radius 1 is 1.02 bits per heavy atom. The molecule has 2 aromatic carbocycles. The number of rotatable bonds is 7. The standard InChI is InChI=1S/C24H20N2O8S2.C2HF3O2/c1-36(32,33)35-11-19(25)23(29)26-12-2-5-15(18(8-12)24(30)31)22-16-6-3-13(27)9-20(16)34-21-10-14(28)4-7-17(21)22;3-2(4,5)1(6)7/h2-10,19,27H,11,25H2,1H3,(H,26,29)(H,30,31);(H,6,7). The van der Waals surface area contributed by atoms with E-state index in [1.165, 1.54) is 48.5 Å². The van der Waals surface area contributed by atoms with Crippen molar-refractivity contribution >= 4 is 54.2 Å². The number of nitrogens with one attached hydrogen (secondary N) is 1. The molecule has 1 atom stereocenters. The summed E-state index contributed by atoms with van der Waals surface area (Å²) in [7, 11) is -2.85. The monoisotopic (exact) mass is 642 g/mol. The summed E-state index contributed by atoms with van der Waals surface area (Å²) >= 11 is 0. The number of phenols is 1. The normalized spacial score (nSPS) is 12.3. The number of anilines is 1. The molecule has 0 spiro atoms. The number of nitrogens with two attached hydrogens (primary N) is 1. The highest BCUT2D eigenvalue weighted by Crippen LogP contribution is 2.42. The van der Waals surface area contributed by atoms with Crippen LogP contribution < -0.4 is 16.5 Å². The number of aromatic carboxylic acids is 1. The number of carbonyl (C=O) groups is 3. The number of carboxylic acid groups (broad SMARTS) is 2. The first-order valence-electron chi connectivity index (χ1n) is 11.7. The van der Waals surface area contributed by atoms with Gasteiger partial charge in [-0.2, -0.15) is 13.2 Å². The molecule has 43 heavy (non-hydrogen) atoms. The topological polar surface area (TPSA) is 214 Å². The minimum atomic E-state index is -5.08. The maximum absolute atomic E-state index is 12.4. The van der Waals surface area contributed by atoms with Gasteiger partial charge in [-0.05, 0) is 52.8 Å². The quantitative estimate of drug-likeness (QED) is 0.145. The summed E-state index contributed by atoms with van der Waals surface area (Å²) in [6, 6.07) is 11.6. The van der Waals surface area contributed by atoms with E-state index in [-0.39, 0.29) is 45.1 Å². The van der Waals surface area contributed by atoms with Crippen molar-refractivity contribution in [2.24, 2.45) is 5.73 Å². The average Bonchev–Trinajstić information content (AvgIpc) is 2.89. The molecule has 4 rings (SSSR count). The molecule has 0 radical (unpaired) electrons. The molecule has 1 amide bonds. The third-order valence-electron chi connectivity index (χ3n) is 5.50. The first-order valence-corrected chi connectivity index (χ1v) is 15.0. The molecule has 1 aliphatic heterocycles. The van der Waals surface area contributed by atoms with Crippen molar-refractivity contribution in [2.75, 3.05) is 17.3 Å². The van der Waals surface area contributed by atoms with Gasteiger partial charge >= 0.3 is 18.1 Å². The molecule has 1 heterocycles. The molecular weight excluding hydrogens is 621 g/mol. The number of phenolic OH excluding ortho intramolecular Hbond substituents is 1. The minimum Gasteiger partial charge on any atom is -0.508 e. The largest absolute Gasteiger partial charge is 0.508 e. The first kappa shape index (κ1) is 32.9. The van der Waals surface area contributed by atoms with E-state index in [9.17, 15) is 46.2 Å². The second-order valence-electron chi connectivity index (χ2n) is 8.77. The van der Waals surface area contributed by atoms with Gasteiger partial charge in [0.25, 0.3) is 0 Å². The number of amides is 1. The average molecular weight is 643 g/mol. The number of carboxylic acids is 2. The van der Waals surface area contributed by atoms with Crippen LogP contribution >= 0.6 is 10.8 Å². The zero-order valence-electron chi connectivity index (χ0n) is 21.7. The summed E-state index contributed by atoms with van der Waals surface area (Å²) in [6.45, 7) is 0. The Hall–Kier alpha value is -4.61. The van der Waals surface area contributed by atoms with Gasteiger partial charge in [0, 0.05) is 46.3 Å². The Labute approximate surface area is 243 Å². The molecule has 6 N–H and O–H groups in total. The van der Waals surface area contributed by atoms with Gasteiger partial charge < -0.3 is 30.8 Å². The summed E-state index contributed by atoms with van der Waals surface area (Å²) in [5, 5.41) is 30.0. The van der Waals surface area contributed by atoms with Crippen molar-refractivity contribution in [1.82, 2.24) is 0 Å². The fraction of sp³-hybridized carbons (Fsp3) is 0.154. The molecule has 0 saturated heterocycles. The van der Waals surface area contributed by atoms with Gasteiger partial charge in [-0.25, -0.2) is 18.0 Å². The highest BCUT2D eigenvalue weighted by Gasteiger charge is 2.38. The van der Waals surface area contributed by atoms with E-state index in [0.717, 1.165) is 6.26 Å². The number of halogens is 3. The van der Waals surface area contributed by atoms with Crippen LogP contribution in [0.15, 0.2) is 63.8 Å². The van der Waals surface area contributed by atoms with Crippen molar-refractivity contribution < 1.29 is 55.7 Å². The van der Waals surface area contributed by atoms with Gasteiger partial charge in [0.15, 0.2) is 14.3 Å². The molecule has 12 nitrogen and oxygen atoms in total.